The molecule has 0 aliphatic carbocycles. The van der Waals surface area contributed by atoms with Crippen LogP contribution in [0.15, 0.2) is 47.9 Å². The number of aromatic nitrogens is 2. The number of imidazole rings is 1. The Morgan fingerprint density at radius 3 is 2.82 bits per heavy atom. The van der Waals surface area contributed by atoms with Gasteiger partial charge in [0.1, 0.15) is 0 Å². The van der Waals surface area contributed by atoms with Gasteiger partial charge in [-0.15, -0.1) is 0 Å². The average Bonchev–Trinajstić information content (AvgIpc) is 2.84. The number of rotatable bonds is 5. The minimum absolute atomic E-state index is 0.305. The third-order valence-corrected chi connectivity index (χ3v) is 3.70. The Balaban J connectivity index is 2.19. The molecule has 1 heterocycles. The molecule has 0 spiro atoms. The van der Waals surface area contributed by atoms with Crippen LogP contribution in [0.4, 0.5) is 0 Å². The molecule has 2 rings (SSSR count). The number of hydrogen-bond acceptors (Lipinski definition) is 3. The highest BCUT2D eigenvalue weighted by atomic mass is 32.2. The maximum absolute atomic E-state index is 5.52. The Bertz CT molecular complexity index is 453. The molecule has 17 heavy (non-hydrogen) atoms. The molecule has 90 valence electrons. The second kappa shape index (κ2) is 5.89. The van der Waals surface area contributed by atoms with E-state index in [1.807, 2.05) is 18.5 Å². The van der Waals surface area contributed by atoms with Crippen LogP contribution in [-0.4, -0.2) is 21.8 Å². The van der Waals surface area contributed by atoms with Crippen LogP contribution in [0.1, 0.15) is 18.5 Å². The molecule has 0 bridgehead atoms. The van der Waals surface area contributed by atoms with Crippen molar-refractivity contribution >= 4 is 11.8 Å². The molecule has 1 unspecified atom stereocenters. The van der Waals surface area contributed by atoms with Gasteiger partial charge in [0, 0.05) is 24.7 Å². The van der Waals surface area contributed by atoms with E-state index >= 15 is 0 Å². The second-order valence-corrected chi connectivity index (χ2v) is 4.90. The van der Waals surface area contributed by atoms with Gasteiger partial charge in [-0.3, -0.25) is 0 Å². The second-order valence-electron chi connectivity index (χ2n) is 3.84. The zero-order valence-corrected chi connectivity index (χ0v) is 10.7. The molecule has 0 radical (unpaired) electrons. The van der Waals surface area contributed by atoms with Crippen molar-refractivity contribution in [3.8, 4) is 0 Å². The number of nitrogens with two attached hydrogens (primary N) is 1. The van der Waals surface area contributed by atoms with Crippen LogP contribution in [0.2, 0.25) is 0 Å². The normalized spacial score (nSPS) is 12.6. The van der Waals surface area contributed by atoms with Gasteiger partial charge in [-0.2, -0.15) is 0 Å². The first-order valence-electron chi connectivity index (χ1n) is 5.73. The standard InChI is InChI=1S/C13H17N3S/c1-11(12-5-3-2-4-6-12)16-9-8-15-13(16)17-10-7-14/h2-6,8-9,11H,7,10,14H2,1H3. The number of benzene rings is 1. The highest BCUT2D eigenvalue weighted by molar-refractivity contribution is 7.99. The van der Waals surface area contributed by atoms with Crippen LogP contribution in [0.25, 0.3) is 0 Å². The summed E-state index contributed by atoms with van der Waals surface area (Å²) in [7, 11) is 0. The largest absolute Gasteiger partial charge is 0.330 e. The molecule has 2 aromatic rings. The van der Waals surface area contributed by atoms with E-state index in [-0.39, 0.29) is 0 Å². The van der Waals surface area contributed by atoms with Crippen molar-refractivity contribution in [2.24, 2.45) is 5.73 Å². The SMILES string of the molecule is CC(c1ccccc1)n1ccnc1SCCN. The van der Waals surface area contributed by atoms with Crippen molar-refractivity contribution in [3.63, 3.8) is 0 Å². The Morgan fingerprint density at radius 2 is 2.12 bits per heavy atom. The summed E-state index contributed by atoms with van der Waals surface area (Å²) in [6.45, 7) is 2.86. The van der Waals surface area contributed by atoms with Crippen molar-refractivity contribution in [1.29, 1.82) is 0 Å². The van der Waals surface area contributed by atoms with Crippen molar-refractivity contribution in [1.82, 2.24) is 9.55 Å². The molecule has 0 amide bonds. The molecular formula is C13H17N3S. The van der Waals surface area contributed by atoms with Crippen LogP contribution in [0.3, 0.4) is 0 Å². The van der Waals surface area contributed by atoms with E-state index in [0.29, 0.717) is 12.6 Å². The van der Waals surface area contributed by atoms with Gasteiger partial charge in [0.15, 0.2) is 5.16 Å². The fourth-order valence-corrected chi connectivity index (χ4v) is 2.55. The zero-order chi connectivity index (χ0) is 12.1. The number of thioether (sulfide) groups is 1. The molecule has 0 saturated heterocycles. The number of hydrogen-bond donors (Lipinski definition) is 1. The van der Waals surface area contributed by atoms with E-state index in [9.17, 15) is 0 Å². The van der Waals surface area contributed by atoms with E-state index in [0.717, 1.165) is 10.9 Å². The summed E-state index contributed by atoms with van der Waals surface area (Å²) in [6, 6.07) is 10.8. The topological polar surface area (TPSA) is 43.8 Å². The molecule has 1 aromatic heterocycles. The molecule has 0 saturated carbocycles. The predicted octanol–water partition coefficient (Wildman–Crippen LogP) is 2.54. The average molecular weight is 247 g/mol. The van der Waals surface area contributed by atoms with E-state index in [1.54, 1.807) is 11.8 Å². The maximum Gasteiger partial charge on any atom is 0.168 e. The van der Waals surface area contributed by atoms with Crippen LogP contribution in [0, 0.1) is 0 Å². The highest BCUT2D eigenvalue weighted by Gasteiger charge is 2.11. The molecule has 4 heteroatoms. The highest BCUT2D eigenvalue weighted by Crippen LogP contribution is 2.24. The van der Waals surface area contributed by atoms with Crippen molar-refractivity contribution in [2.75, 3.05) is 12.3 Å². The molecule has 0 fully saturated rings. The van der Waals surface area contributed by atoms with Gasteiger partial charge in [0.25, 0.3) is 0 Å². The summed E-state index contributed by atoms with van der Waals surface area (Å²) in [4.78, 5) is 4.37. The van der Waals surface area contributed by atoms with Gasteiger partial charge in [-0.1, -0.05) is 42.1 Å². The first-order chi connectivity index (χ1) is 8.33. The van der Waals surface area contributed by atoms with E-state index < -0.39 is 0 Å². The summed E-state index contributed by atoms with van der Waals surface area (Å²) in [6.07, 6.45) is 3.87. The Kier molecular flexibility index (Phi) is 4.23. The van der Waals surface area contributed by atoms with Gasteiger partial charge >= 0.3 is 0 Å². The quantitative estimate of drug-likeness (QED) is 0.826. The van der Waals surface area contributed by atoms with Crippen LogP contribution in [-0.2, 0) is 0 Å². The lowest BCUT2D eigenvalue weighted by molar-refractivity contribution is 0.583. The molecule has 0 aliphatic heterocycles. The van der Waals surface area contributed by atoms with E-state index in [4.69, 9.17) is 5.73 Å². The molecule has 2 N–H and O–H groups in total. The fourth-order valence-electron chi connectivity index (χ4n) is 1.75. The smallest absolute Gasteiger partial charge is 0.168 e. The van der Waals surface area contributed by atoms with Gasteiger partial charge in [0.2, 0.25) is 0 Å². The van der Waals surface area contributed by atoms with Gasteiger partial charge in [-0.05, 0) is 12.5 Å². The first-order valence-corrected chi connectivity index (χ1v) is 6.72. The first kappa shape index (κ1) is 12.2. The summed E-state index contributed by atoms with van der Waals surface area (Å²) in [5.74, 6) is 0.901. The summed E-state index contributed by atoms with van der Waals surface area (Å²) in [5, 5.41) is 1.03. The Labute approximate surface area is 106 Å². The van der Waals surface area contributed by atoms with Crippen molar-refractivity contribution in [2.45, 2.75) is 18.1 Å². The summed E-state index contributed by atoms with van der Waals surface area (Å²) in [5.41, 5.74) is 6.82. The lowest BCUT2D eigenvalue weighted by Gasteiger charge is -2.16. The van der Waals surface area contributed by atoms with Gasteiger partial charge < -0.3 is 10.3 Å². The fraction of sp³-hybridized carbons (Fsp3) is 0.308. The third-order valence-electron chi connectivity index (χ3n) is 2.68. The minimum atomic E-state index is 0.305. The monoisotopic (exact) mass is 247 g/mol. The van der Waals surface area contributed by atoms with E-state index in [1.165, 1.54) is 5.56 Å². The molecule has 3 nitrogen and oxygen atoms in total. The number of nitrogens with zero attached hydrogens (tertiary/aromatic N) is 2. The van der Waals surface area contributed by atoms with Crippen molar-refractivity contribution < 1.29 is 0 Å². The Morgan fingerprint density at radius 1 is 1.35 bits per heavy atom. The predicted molar refractivity (Wildman–Crippen MR) is 72.3 cm³/mol. The lowest BCUT2D eigenvalue weighted by Crippen LogP contribution is -2.08. The van der Waals surface area contributed by atoms with E-state index in [2.05, 4.69) is 40.7 Å². The maximum atomic E-state index is 5.52. The molecule has 1 atom stereocenters. The molecule has 0 aliphatic rings. The molecule has 1 aromatic carbocycles. The van der Waals surface area contributed by atoms with Gasteiger partial charge in [-0.25, -0.2) is 4.98 Å². The van der Waals surface area contributed by atoms with Crippen LogP contribution >= 0.6 is 11.8 Å². The van der Waals surface area contributed by atoms with Crippen LogP contribution in [0.5, 0.6) is 0 Å². The lowest BCUT2D eigenvalue weighted by atomic mass is 10.1. The molecular weight excluding hydrogens is 230 g/mol. The zero-order valence-electron chi connectivity index (χ0n) is 9.91. The summed E-state index contributed by atoms with van der Waals surface area (Å²) >= 11 is 1.70. The van der Waals surface area contributed by atoms with Crippen molar-refractivity contribution in [3.05, 3.63) is 48.3 Å². The van der Waals surface area contributed by atoms with Crippen LogP contribution < -0.4 is 5.73 Å². The minimum Gasteiger partial charge on any atom is -0.330 e. The van der Waals surface area contributed by atoms with Gasteiger partial charge in [0.05, 0.1) is 6.04 Å². The third kappa shape index (κ3) is 2.90. The Hall–Kier alpha value is -1.26. The summed E-state index contributed by atoms with van der Waals surface area (Å²) < 4.78 is 2.19.